The number of ether oxygens (including phenoxy) is 1. The summed E-state index contributed by atoms with van der Waals surface area (Å²) >= 11 is 1.66. The fourth-order valence-corrected chi connectivity index (χ4v) is 3.76. The second-order valence-electron chi connectivity index (χ2n) is 5.01. The van der Waals surface area contributed by atoms with Gasteiger partial charge in [0, 0.05) is 17.9 Å². The number of halogens is 1. The Morgan fingerprint density at radius 1 is 1.27 bits per heavy atom. The minimum Gasteiger partial charge on any atom is -0.497 e. The highest BCUT2D eigenvalue weighted by Gasteiger charge is 2.31. The van der Waals surface area contributed by atoms with Crippen molar-refractivity contribution in [2.45, 2.75) is 5.37 Å². The van der Waals surface area contributed by atoms with E-state index < -0.39 is 0 Å². The zero-order valence-electron chi connectivity index (χ0n) is 12.2. The maximum absolute atomic E-state index is 13.4. The molecule has 0 saturated carbocycles. The van der Waals surface area contributed by atoms with Crippen molar-refractivity contribution in [2.24, 2.45) is 0 Å². The zero-order chi connectivity index (χ0) is 15.5. The van der Waals surface area contributed by atoms with Crippen molar-refractivity contribution < 1.29 is 13.9 Å². The molecule has 1 aliphatic rings. The number of hydrogen-bond acceptors (Lipinski definition) is 3. The molecule has 5 heteroatoms. The molecule has 2 aromatic rings. The Bertz CT molecular complexity index is 675. The molecule has 0 aromatic heterocycles. The third-order valence-electron chi connectivity index (χ3n) is 3.62. The predicted molar refractivity (Wildman–Crippen MR) is 85.6 cm³/mol. The minimum absolute atomic E-state index is 0.0399. The van der Waals surface area contributed by atoms with Crippen LogP contribution in [0.5, 0.6) is 5.75 Å². The molecular weight excluding hydrogens is 301 g/mol. The lowest BCUT2D eigenvalue weighted by molar-refractivity contribution is 0.0760. The fraction of sp³-hybridized carbons (Fsp3) is 0.235. The summed E-state index contributed by atoms with van der Waals surface area (Å²) in [5.41, 5.74) is 1.44. The standard InChI is InChI=1S/C17H16FNO2S/c1-21-15-7-5-12(6-8-15)16(20)19-9-10-22-17(19)13-3-2-4-14(18)11-13/h2-8,11,17H,9-10H2,1H3/t17-/m1/s1. The molecule has 1 fully saturated rings. The van der Waals surface area contributed by atoms with Gasteiger partial charge in [0.15, 0.2) is 0 Å². The number of nitrogens with zero attached hydrogens (tertiary/aromatic N) is 1. The van der Waals surface area contributed by atoms with Gasteiger partial charge < -0.3 is 9.64 Å². The first-order valence-electron chi connectivity index (χ1n) is 7.01. The lowest BCUT2D eigenvalue weighted by atomic mass is 10.1. The Balaban J connectivity index is 1.84. The third-order valence-corrected chi connectivity index (χ3v) is 4.88. The second kappa shape index (κ2) is 6.40. The largest absolute Gasteiger partial charge is 0.497 e. The monoisotopic (exact) mass is 317 g/mol. The lowest BCUT2D eigenvalue weighted by Crippen LogP contribution is -2.30. The van der Waals surface area contributed by atoms with Crippen molar-refractivity contribution in [3.05, 3.63) is 65.5 Å². The third kappa shape index (κ3) is 2.95. The Morgan fingerprint density at radius 2 is 2.05 bits per heavy atom. The van der Waals surface area contributed by atoms with Gasteiger partial charge in [0.2, 0.25) is 0 Å². The molecule has 0 N–H and O–H groups in total. The van der Waals surface area contributed by atoms with Crippen LogP contribution in [0, 0.1) is 5.82 Å². The number of rotatable bonds is 3. The highest BCUT2D eigenvalue weighted by atomic mass is 32.2. The van der Waals surface area contributed by atoms with Gasteiger partial charge in [-0.3, -0.25) is 4.79 Å². The Labute approximate surface area is 133 Å². The summed E-state index contributed by atoms with van der Waals surface area (Å²) in [6, 6.07) is 13.5. The second-order valence-corrected chi connectivity index (χ2v) is 6.19. The Morgan fingerprint density at radius 3 is 2.73 bits per heavy atom. The highest BCUT2D eigenvalue weighted by Crippen LogP contribution is 2.38. The van der Waals surface area contributed by atoms with Crippen LogP contribution in [0.4, 0.5) is 4.39 Å². The molecule has 3 nitrogen and oxygen atoms in total. The van der Waals surface area contributed by atoms with E-state index >= 15 is 0 Å². The normalized spacial score (nSPS) is 17.5. The first-order chi connectivity index (χ1) is 10.7. The van der Waals surface area contributed by atoms with Gasteiger partial charge in [-0.15, -0.1) is 11.8 Å². The molecule has 22 heavy (non-hydrogen) atoms. The first kappa shape index (κ1) is 14.9. The molecule has 0 aliphatic carbocycles. The number of carbonyl (C=O) groups excluding carboxylic acids is 1. The van der Waals surface area contributed by atoms with Gasteiger partial charge in [-0.1, -0.05) is 12.1 Å². The van der Waals surface area contributed by atoms with Crippen LogP contribution >= 0.6 is 11.8 Å². The zero-order valence-corrected chi connectivity index (χ0v) is 13.0. The number of amides is 1. The van der Waals surface area contributed by atoms with Crippen molar-refractivity contribution in [3.63, 3.8) is 0 Å². The van der Waals surface area contributed by atoms with E-state index in [0.717, 1.165) is 11.3 Å². The van der Waals surface area contributed by atoms with Crippen LogP contribution < -0.4 is 4.74 Å². The summed E-state index contributed by atoms with van der Waals surface area (Å²) in [4.78, 5) is 14.5. The van der Waals surface area contributed by atoms with E-state index in [2.05, 4.69) is 0 Å². The van der Waals surface area contributed by atoms with Crippen LogP contribution in [0.2, 0.25) is 0 Å². The maximum atomic E-state index is 13.4. The van der Waals surface area contributed by atoms with Gasteiger partial charge in [0.1, 0.15) is 16.9 Å². The number of hydrogen-bond donors (Lipinski definition) is 0. The Kier molecular flexibility index (Phi) is 4.34. The van der Waals surface area contributed by atoms with Crippen LogP contribution in [-0.2, 0) is 0 Å². The molecule has 3 rings (SSSR count). The fourth-order valence-electron chi connectivity index (χ4n) is 2.51. The summed E-state index contributed by atoms with van der Waals surface area (Å²) in [5, 5.41) is -0.134. The van der Waals surface area contributed by atoms with E-state index in [-0.39, 0.29) is 17.1 Å². The first-order valence-corrected chi connectivity index (χ1v) is 8.06. The van der Waals surface area contributed by atoms with E-state index in [1.54, 1.807) is 54.1 Å². The molecule has 0 bridgehead atoms. The number of methoxy groups -OCH3 is 1. The maximum Gasteiger partial charge on any atom is 0.255 e. The molecule has 1 amide bonds. The van der Waals surface area contributed by atoms with E-state index in [9.17, 15) is 9.18 Å². The summed E-state index contributed by atoms with van der Waals surface area (Å²) in [5.74, 6) is 1.25. The molecule has 0 radical (unpaired) electrons. The van der Waals surface area contributed by atoms with Crippen molar-refractivity contribution in [1.82, 2.24) is 4.90 Å². The van der Waals surface area contributed by atoms with Crippen LogP contribution in [0.3, 0.4) is 0 Å². The molecule has 0 spiro atoms. The van der Waals surface area contributed by atoms with Gasteiger partial charge in [-0.2, -0.15) is 0 Å². The molecule has 1 aliphatic heterocycles. The molecule has 1 saturated heterocycles. The van der Waals surface area contributed by atoms with E-state index in [1.165, 1.54) is 12.1 Å². The van der Waals surface area contributed by atoms with Crippen LogP contribution in [0.1, 0.15) is 21.3 Å². The smallest absolute Gasteiger partial charge is 0.255 e. The SMILES string of the molecule is COc1ccc(C(=O)N2CCS[C@@H]2c2cccc(F)c2)cc1. The number of benzene rings is 2. The number of thioether (sulfide) groups is 1. The van der Waals surface area contributed by atoms with Crippen molar-refractivity contribution in [1.29, 1.82) is 0 Å². The van der Waals surface area contributed by atoms with E-state index in [1.807, 2.05) is 6.07 Å². The molecule has 114 valence electrons. The van der Waals surface area contributed by atoms with Crippen molar-refractivity contribution >= 4 is 17.7 Å². The van der Waals surface area contributed by atoms with Gasteiger partial charge in [-0.25, -0.2) is 4.39 Å². The molecule has 0 unspecified atom stereocenters. The summed E-state index contributed by atoms with van der Waals surface area (Å²) in [6.07, 6.45) is 0. The summed E-state index contributed by atoms with van der Waals surface area (Å²) < 4.78 is 18.5. The van der Waals surface area contributed by atoms with Crippen molar-refractivity contribution in [2.75, 3.05) is 19.4 Å². The van der Waals surface area contributed by atoms with E-state index in [0.29, 0.717) is 17.9 Å². The van der Waals surface area contributed by atoms with Gasteiger partial charge in [0.25, 0.3) is 5.91 Å². The predicted octanol–water partition coefficient (Wildman–Crippen LogP) is 3.72. The number of carbonyl (C=O) groups is 1. The van der Waals surface area contributed by atoms with Gasteiger partial charge in [-0.05, 0) is 42.0 Å². The molecular formula is C17H16FNO2S. The van der Waals surface area contributed by atoms with Gasteiger partial charge in [0.05, 0.1) is 7.11 Å². The van der Waals surface area contributed by atoms with Crippen LogP contribution in [0.25, 0.3) is 0 Å². The van der Waals surface area contributed by atoms with Gasteiger partial charge >= 0.3 is 0 Å². The lowest BCUT2D eigenvalue weighted by Gasteiger charge is -2.24. The van der Waals surface area contributed by atoms with Crippen LogP contribution in [-0.4, -0.2) is 30.2 Å². The average molecular weight is 317 g/mol. The van der Waals surface area contributed by atoms with E-state index in [4.69, 9.17) is 4.74 Å². The summed E-state index contributed by atoms with van der Waals surface area (Å²) in [7, 11) is 1.59. The average Bonchev–Trinajstić information content (AvgIpc) is 3.04. The molecule has 1 atom stereocenters. The van der Waals surface area contributed by atoms with Crippen molar-refractivity contribution in [3.8, 4) is 5.75 Å². The topological polar surface area (TPSA) is 29.5 Å². The minimum atomic E-state index is -0.276. The molecule has 2 aromatic carbocycles. The highest BCUT2D eigenvalue weighted by molar-refractivity contribution is 7.99. The Hall–Kier alpha value is -2.01. The van der Waals surface area contributed by atoms with Crippen LogP contribution in [0.15, 0.2) is 48.5 Å². The summed E-state index contributed by atoms with van der Waals surface area (Å²) in [6.45, 7) is 0.663. The molecule has 1 heterocycles. The quantitative estimate of drug-likeness (QED) is 0.864.